The third-order valence-corrected chi connectivity index (χ3v) is 3.73. The summed E-state index contributed by atoms with van der Waals surface area (Å²) in [6.07, 6.45) is 3.86. The van der Waals surface area contributed by atoms with Crippen LogP contribution in [0.2, 0.25) is 0 Å². The van der Waals surface area contributed by atoms with Crippen molar-refractivity contribution in [2.75, 3.05) is 60.9 Å². The molecular weight excluding hydrogens is 264 g/mol. The maximum Gasteiger partial charge on any atom is 0.0527 e. The van der Waals surface area contributed by atoms with Crippen molar-refractivity contribution in [1.82, 2.24) is 14.7 Å². The highest BCUT2D eigenvalue weighted by Gasteiger charge is 2.19. The largest absolute Gasteiger partial charge is 0.393 e. The van der Waals surface area contributed by atoms with Crippen LogP contribution in [0.15, 0.2) is 0 Å². The molecule has 3 N–H and O–H groups in total. The lowest BCUT2D eigenvalue weighted by atomic mass is 10.0. The molecule has 128 valence electrons. The van der Waals surface area contributed by atoms with Crippen LogP contribution in [0, 0.1) is 0 Å². The number of nitrogens with zero attached hydrogens (tertiary/aromatic N) is 3. The van der Waals surface area contributed by atoms with Gasteiger partial charge < -0.3 is 25.5 Å². The van der Waals surface area contributed by atoms with Crippen LogP contribution in [0.1, 0.15) is 32.6 Å². The molecule has 0 aliphatic heterocycles. The van der Waals surface area contributed by atoms with Gasteiger partial charge in [-0.05, 0) is 93.5 Å². The van der Waals surface area contributed by atoms with E-state index in [1.165, 1.54) is 0 Å². The van der Waals surface area contributed by atoms with Gasteiger partial charge in [0.25, 0.3) is 0 Å². The van der Waals surface area contributed by atoms with Crippen molar-refractivity contribution in [3.05, 3.63) is 0 Å². The highest BCUT2D eigenvalue weighted by molar-refractivity contribution is 4.75. The minimum atomic E-state index is -0.258. The molecule has 0 spiro atoms. The SMILES string of the molecule is CC(O)CC(CCN)N(CCCN(C)C)CCCN(C)C. The van der Waals surface area contributed by atoms with E-state index in [1.807, 2.05) is 6.92 Å². The fraction of sp³-hybridized carbons (Fsp3) is 1.00. The standard InChI is InChI=1S/C16H38N4O/c1-15(21)14-16(8-9-17)20(12-6-10-18(2)3)13-7-11-19(4)5/h15-16,21H,6-14,17H2,1-5H3. The zero-order valence-electron chi connectivity index (χ0n) is 14.9. The molecule has 0 aliphatic carbocycles. The van der Waals surface area contributed by atoms with Gasteiger partial charge in [-0.3, -0.25) is 0 Å². The van der Waals surface area contributed by atoms with E-state index in [4.69, 9.17) is 5.73 Å². The van der Waals surface area contributed by atoms with E-state index in [0.29, 0.717) is 12.6 Å². The molecule has 21 heavy (non-hydrogen) atoms. The Labute approximate surface area is 132 Å². The van der Waals surface area contributed by atoms with Crippen molar-refractivity contribution in [1.29, 1.82) is 0 Å². The van der Waals surface area contributed by atoms with Gasteiger partial charge in [0.15, 0.2) is 0 Å². The molecule has 0 saturated carbocycles. The number of aliphatic hydroxyl groups is 1. The Balaban J connectivity index is 4.46. The molecule has 5 heteroatoms. The molecule has 5 nitrogen and oxygen atoms in total. The second kappa shape index (κ2) is 12.4. The molecule has 0 aliphatic rings. The predicted octanol–water partition coefficient (Wildman–Crippen LogP) is 0.680. The van der Waals surface area contributed by atoms with Gasteiger partial charge in [-0.1, -0.05) is 0 Å². The molecule has 2 atom stereocenters. The Kier molecular flexibility index (Phi) is 12.2. The molecule has 0 aromatic rings. The Bertz CT molecular complexity index is 220. The molecule has 0 radical (unpaired) electrons. The quantitative estimate of drug-likeness (QED) is 0.524. The molecular formula is C16H38N4O. The van der Waals surface area contributed by atoms with Crippen molar-refractivity contribution in [2.24, 2.45) is 5.73 Å². The average molecular weight is 303 g/mol. The summed E-state index contributed by atoms with van der Waals surface area (Å²) in [6.45, 7) is 6.95. The van der Waals surface area contributed by atoms with Gasteiger partial charge in [-0.25, -0.2) is 0 Å². The highest BCUT2D eigenvalue weighted by atomic mass is 16.3. The van der Waals surface area contributed by atoms with Crippen LogP contribution in [0.4, 0.5) is 0 Å². The summed E-state index contributed by atoms with van der Waals surface area (Å²) in [4.78, 5) is 6.99. The van der Waals surface area contributed by atoms with Gasteiger partial charge in [0.1, 0.15) is 0 Å². The first-order chi connectivity index (χ1) is 9.86. The first-order valence-corrected chi connectivity index (χ1v) is 8.28. The van der Waals surface area contributed by atoms with E-state index in [1.54, 1.807) is 0 Å². The second-order valence-electron chi connectivity index (χ2n) is 6.67. The minimum absolute atomic E-state index is 0.258. The average Bonchev–Trinajstić information content (AvgIpc) is 2.35. The van der Waals surface area contributed by atoms with Crippen LogP contribution in [-0.4, -0.2) is 92.9 Å². The third kappa shape index (κ3) is 12.1. The van der Waals surface area contributed by atoms with Gasteiger partial charge in [-0.15, -0.1) is 0 Å². The van der Waals surface area contributed by atoms with Gasteiger partial charge in [-0.2, -0.15) is 0 Å². The molecule has 0 heterocycles. The van der Waals surface area contributed by atoms with Crippen LogP contribution in [0.5, 0.6) is 0 Å². The monoisotopic (exact) mass is 302 g/mol. The van der Waals surface area contributed by atoms with E-state index in [2.05, 4.69) is 42.9 Å². The Morgan fingerprint density at radius 1 is 0.905 bits per heavy atom. The maximum absolute atomic E-state index is 9.74. The van der Waals surface area contributed by atoms with Crippen molar-refractivity contribution >= 4 is 0 Å². The lowest BCUT2D eigenvalue weighted by molar-refractivity contribution is 0.103. The van der Waals surface area contributed by atoms with E-state index < -0.39 is 0 Å². The molecule has 2 unspecified atom stereocenters. The number of aliphatic hydroxyl groups excluding tert-OH is 1. The lowest BCUT2D eigenvalue weighted by Crippen LogP contribution is -2.41. The summed E-state index contributed by atoms with van der Waals surface area (Å²) in [5, 5.41) is 9.74. The van der Waals surface area contributed by atoms with Crippen molar-refractivity contribution in [2.45, 2.75) is 44.8 Å². The third-order valence-electron chi connectivity index (χ3n) is 3.73. The molecule has 0 amide bonds. The van der Waals surface area contributed by atoms with E-state index in [9.17, 15) is 5.11 Å². The normalized spacial score (nSPS) is 15.1. The summed E-state index contributed by atoms with van der Waals surface area (Å²) in [7, 11) is 8.46. The van der Waals surface area contributed by atoms with E-state index >= 15 is 0 Å². The van der Waals surface area contributed by atoms with Crippen LogP contribution in [0.3, 0.4) is 0 Å². The van der Waals surface area contributed by atoms with Crippen molar-refractivity contribution < 1.29 is 5.11 Å². The topological polar surface area (TPSA) is 56.0 Å². The smallest absolute Gasteiger partial charge is 0.0527 e. The number of rotatable bonds is 13. The molecule has 0 aromatic carbocycles. The molecule has 0 bridgehead atoms. The molecule has 0 saturated heterocycles. The zero-order chi connectivity index (χ0) is 16.3. The Morgan fingerprint density at radius 2 is 1.38 bits per heavy atom. The van der Waals surface area contributed by atoms with Crippen LogP contribution >= 0.6 is 0 Å². The van der Waals surface area contributed by atoms with Crippen LogP contribution in [-0.2, 0) is 0 Å². The van der Waals surface area contributed by atoms with Gasteiger partial charge in [0, 0.05) is 6.04 Å². The second-order valence-corrected chi connectivity index (χ2v) is 6.67. The first-order valence-electron chi connectivity index (χ1n) is 8.28. The van der Waals surface area contributed by atoms with Crippen LogP contribution in [0.25, 0.3) is 0 Å². The summed E-state index contributed by atoms with van der Waals surface area (Å²) < 4.78 is 0. The summed E-state index contributed by atoms with van der Waals surface area (Å²) >= 11 is 0. The Hall–Kier alpha value is -0.200. The molecule has 0 aromatic heterocycles. The van der Waals surface area contributed by atoms with Crippen molar-refractivity contribution in [3.63, 3.8) is 0 Å². The Morgan fingerprint density at radius 3 is 1.71 bits per heavy atom. The fourth-order valence-electron chi connectivity index (χ4n) is 2.69. The van der Waals surface area contributed by atoms with Gasteiger partial charge in [0.05, 0.1) is 6.10 Å². The van der Waals surface area contributed by atoms with Gasteiger partial charge >= 0.3 is 0 Å². The number of hydrogen-bond donors (Lipinski definition) is 2. The molecule has 0 fully saturated rings. The minimum Gasteiger partial charge on any atom is -0.393 e. The fourth-order valence-corrected chi connectivity index (χ4v) is 2.69. The maximum atomic E-state index is 9.74. The lowest BCUT2D eigenvalue weighted by Gasteiger charge is -2.33. The summed E-state index contributed by atoms with van der Waals surface area (Å²) in [6, 6.07) is 0.402. The predicted molar refractivity (Wildman–Crippen MR) is 91.7 cm³/mol. The summed E-state index contributed by atoms with van der Waals surface area (Å²) in [5.41, 5.74) is 5.77. The van der Waals surface area contributed by atoms with E-state index in [-0.39, 0.29) is 6.10 Å². The first kappa shape index (κ1) is 20.8. The zero-order valence-corrected chi connectivity index (χ0v) is 14.9. The summed E-state index contributed by atoms with van der Waals surface area (Å²) in [5.74, 6) is 0. The van der Waals surface area contributed by atoms with Gasteiger partial charge in [0.2, 0.25) is 0 Å². The number of hydrogen-bond acceptors (Lipinski definition) is 5. The molecule has 0 rings (SSSR count). The van der Waals surface area contributed by atoms with Crippen molar-refractivity contribution in [3.8, 4) is 0 Å². The highest BCUT2D eigenvalue weighted by Crippen LogP contribution is 2.13. The van der Waals surface area contributed by atoms with E-state index in [0.717, 1.165) is 51.9 Å². The number of nitrogens with two attached hydrogens (primary N) is 1. The van der Waals surface area contributed by atoms with Crippen LogP contribution < -0.4 is 5.73 Å².